The van der Waals surface area contributed by atoms with Gasteiger partial charge in [0.2, 0.25) is 5.95 Å². The summed E-state index contributed by atoms with van der Waals surface area (Å²) in [4.78, 5) is 20.7. The minimum absolute atomic E-state index is 0.493. The zero-order chi connectivity index (χ0) is 19.0. The molecule has 0 saturated heterocycles. The van der Waals surface area contributed by atoms with Crippen molar-refractivity contribution in [1.82, 2.24) is 9.97 Å². The number of hydrogen-bond acceptors (Lipinski definition) is 7. The molecule has 140 valence electrons. The number of aldehydes is 1. The number of benzene rings is 1. The second kappa shape index (κ2) is 9.54. The first-order chi connectivity index (χ1) is 12.6. The highest BCUT2D eigenvalue weighted by Crippen LogP contribution is 2.27. The number of aromatic nitrogens is 2. The second-order valence-electron chi connectivity index (χ2n) is 6.09. The molecule has 0 aliphatic carbocycles. The van der Waals surface area contributed by atoms with E-state index >= 15 is 0 Å². The van der Waals surface area contributed by atoms with Gasteiger partial charge in [0.1, 0.15) is 12.0 Å². The molecule has 1 aromatic carbocycles. The van der Waals surface area contributed by atoms with Crippen molar-refractivity contribution >= 4 is 24.2 Å². The van der Waals surface area contributed by atoms with Gasteiger partial charge in [0.15, 0.2) is 0 Å². The van der Waals surface area contributed by atoms with Crippen LogP contribution in [0.15, 0.2) is 36.5 Å². The smallest absolute Gasteiger partial charge is 0.236 e. The van der Waals surface area contributed by atoms with E-state index in [1.807, 2.05) is 41.8 Å². The van der Waals surface area contributed by atoms with E-state index in [-0.39, 0.29) is 0 Å². The normalized spacial score (nSPS) is 13.1. The molecule has 1 atom stereocenters. The molecule has 0 bridgehead atoms. The fourth-order valence-electron chi connectivity index (χ4n) is 2.46. The van der Waals surface area contributed by atoms with Crippen molar-refractivity contribution in [2.45, 2.75) is 25.3 Å². The van der Waals surface area contributed by atoms with Gasteiger partial charge in [0.05, 0.1) is 24.8 Å². The van der Waals surface area contributed by atoms with Crippen molar-refractivity contribution in [3.8, 4) is 5.75 Å². The summed E-state index contributed by atoms with van der Waals surface area (Å²) in [6, 6.07) is 9.68. The molecule has 6 nitrogen and oxygen atoms in total. The van der Waals surface area contributed by atoms with E-state index in [0.717, 1.165) is 17.6 Å². The molecule has 0 aliphatic rings. The van der Waals surface area contributed by atoms with Gasteiger partial charge in [0.25, 0.3) is 0 Å². The quantitative estimate of drug-likeness (QED) is 0.466. The van der Waals surface area contributed by atoms with Crippen molar-refractivity contribution in [3.05, 3.63) is 47.8 Å². The Morgan fingerprint density at radius 3 is 2.54 bits per heavy atom. The Hall–Kier alpha value is -2.12. The monoisotopic (exact) mass is 375 g/mol. The summed E-state index contributed by atoms with van der Waals surface area (Å²) in [7, 11) is 3.27. The van der Waals surface area contributed by atoms with Gasteiger partial charge in [-0.25, -0.2) is 9.97 Å². The Morgan fingerprint density at radius 2 is 1.96 bits per heavy atom. The molecule has 0 spiro atoms. The third kappa shape index (κ3) is 4.95. The fourth-order valence-corrected chi connectivity index (χ4v) is 2.99. The van der Waals surface area contributed by atoms with E-state index in [1.54, 1.807) is 26.5 Å². The highest BCUT2D eigenvalue weighted by Gasteiger charge is 2.28. The predicted molar refractivity (Wildman–Crippen MR) is 105 cm³/mol. The molecule has 1 aromatic heterocycles. The Balaban J connectivity index is 2.23. The number of hydrogen-bond donors (Lipinski definition) is 0. The Kier molecular flexibility index (Phi) is 7.41. The Bertz CT molecular complexity index is 711. The van der Waals surface area contributed by atoms with E-state index in [4.69, 9.17) is 9.47 Å². The lowest BCUT2D eigenvalue weighted by Gasteiger charge is -2.25. The zero-order valence-electron chi connectivity index (χ0n) is 15.6. The van der Waals surface area contributed by atoms with Gasteiger partial charge in [-0.1, -0.05) is 24.1 Å². The largest absolute Gasteiger partial charge is 0.497 e. The minimum Gasteiger partial charge on any atom is -0.497 e. The number of carbonyl (C=O) groups is 1. The summed E-state index contributed by atoms with van der Waals surface area (Å²) in [5.41, 5.74) is 1.12. The zero-order valence-corrected chi connectivity index (χ0v) is 16.5. The van der Waals surface area contributed by atoms with Crippen molar-refractivity contribution in [2.75, 3.05) is 31.4 Å². The van der Waals surface area contributed by atoms with Crippen LogP contribution in [0.3, 0.4) is 0 Å². The summed E-state index contributed by atoms with van der Waals surface area (Å²) in [5, 5.41) is 0. The maximum Gasteiger partial charge on any atom is 0.236 e. The first kappa shape index (κ1) is 20.2. The number of anilines is 1. The topological polar surface area (TPSA) is 64.5 Å². The molecule has 0 aliphatic heterocycles. The molecular formula is C19H25N3O3S. The minimum atomic E-state index is -0.697. The Labute approximate surface area is 159 Å². The number of rotatable bonds is 10. The van der Waals surface area contributed by atoms with Crippen molar-refractivity contribution in [3.63, 3.8) is 0 Å². The predicted octanol–water partition coefficient (Wildman–Crippen LogP) is 3.26. The molecule has 26 heavy (non-hydrogen) atoms. The van der Waals surface area contributed by atoms with Crippen LogP contribution in [0.1, 0.15) is 24.6 Å². The SMILES string of the molecule is COCCC(C)(C=O)c1ccnc(N(Cc2ccc(OC)cc2)SC)n1. The highest BCUT2D eigenvalue weighted by atomic mass is 32.2. The van der Waals surface area contributed by atoms with Gasteiger partial charge in [-0.05, 0) is 37.1 Å². The molecule has 0 saturated carbocycles. The van der Waals surface area contributed by atoms with Crippen LogP contribution in [0.5, 0.6) is 5.75 Å². The van der Waals surface area contributed by atoms with Gasteiger partial charge >= 0.3 is 0 Å². The highest BCUT2D eigenvalue weighted by molar-refractivity contribution is 7.99. The van der Waals surface area contributed by atoms with E-state index in [2.05, 4.69) is 9.97 Å². The number of methoxy groups -OCH3 is 2. The van der Waals surface area contributed by atoms with E-state index < -0.39 is 5.41 Å². The molecule has 7 heteroatoms. The van der Waals surface area contributed by atoms with Crippen LogP contribution in [-0.4, -0.2) is 43.3 Å². The van der Waals surface area contributed by atoms with Crippen molar-refractivity contribution < 1.29 is 14.3 Å². The third-order valence-electron chi connectivity index (χ3n) is 4.24. The van der Waals surface area contributed by atoms with Gasteiger partial charge in [0, 0.05) is 26.2 Å². The molecule has 0 N–H and O–H groups in total. The van der Waals surface area contributed by atoms with Crippen molar-refractivity contribution in [1.29, 1.82) is 0 Å². The van der Waals surface area contributed by atoms with Crippen LogP contribution in [0.2, 0.25) is 0 Å². The number of carbonyl (C=O) groups excluding carboxylic acids is 1. The van der Waals surface area contributed by atoms with Crippen LogP contribution in [-0.2, 0) is 21.5 Å². The molecule has 1 unspecified atom stereocenters. The van der Waals surface area contributed by atoms with Crippen LogP contribution in [0, 0.1) is 0 Å². The van der Waals surface area contributed by atoms with Crippen molar-refractivity contribution in [2.24, 2.45) is 0 Å². The number of nitrogens with zero attached hydrogens (tertiary/aromatic N) is 3. The summed E-state index contributed by atoms with van der Waals surface area (Å²) in [5.74, 6) is 1.40. The second-order valence-corrected chi connectivity index (χ2v) is 6.89. The first-order valence-corrected chi connectivity index (χ1v) is 9.48. The first-order valence-electron chi connectivity index (χ1n) is 8.29. The van der Waals surface area contributed by atoms with Crippen LogP contribution >= 0.6 is 11.9 Å². The fraction of sp³-hybridized carbons (Fsp3) is 0.421. The lowest BCUT2D eigenvalue weighted by atomic mass is 9.85. The molecule has 0 amide bonds. The average Bonchev–Trinajstić information content (AvgIpc) is 2.70. The maximum absolute atomic E-state index is 11.7. The van der Waals surface area contributed by atoms with Crippen LogP contribution in [0.25, 0.3) is 0 Å². The van der Waals surface area contributed by atoms with Gasteiger partial charge in [-0.15, -0.1) is 0 Å². The lowest BCUT2D eigenvalue weighted by molar-refractivity contribution is -0.112. The van der Waals surface area contributed by atoms with Crippen LogP contribution in [0.4, 0.5) is 5.95 Å². The standard InChI is InChI=1S/C19H25N3O3S/c1-19(14-23,10-12-24-2)17-9-11-20-18(21-17)22(26-4)13-15-5-7-16(25-3)8-6-15/h5-9,11,14H,10,12-13H2,1-4H3. The molecule has 0 fully saturated rings. The van der Waals surface area contributed by atoms with Gasteiger partial charge in [-0.3, -0.25) is 4.31 Å². The number of ether oxygens (including phenoxy) is 2. The van der Waals surface area contributed by atoms with E-state index in [1.165, 1.54) is 11.9 Å². The average molecular weight is 375 g/mol. The summed E-state index contributed by atoms with van der Waals surface area (Å²) < 4.78 is 12.3. The lowest BCUT2D eigenvalue weighted by Crippen LogP contribution is -2.28. The third-order valence-corrected chi connectivity index (χ3v) is 4.98. The summed E-state index contributed by atoms with van der Waals surface area (Å²) >= 11 is 1.54. The summed E-state index contributed by atoms with van der Waals surface area (Å²) in [6.45, 7) is 3.01. The molecular weight excluding hydrogens is 350 g/mol. The van der Waals surface area contributed by atoms with Crippen LogP contribution < -0.4 is 9.04 Å². The Morgan fingerprint density at radius 1 is 1.23 bits per heavy atom. The molecule has 0 radical (unpaired) electrons. The summed E-state index contributed by atoms with van der Waals surface area (Å²) in [6.07, 6.45) is 5.18. The van der Waals surface area contributed by atoms with Gasteiger partial charge < -0.3 is 14.3 Å². The maximum atomic E-state index is 11.7. The molecule has 2 rings (SSSR count). The van der Waals surface area contributed by atoms with E-state index in [0.29, 0.717) is 31.2 Å². The molecule has 2 aromatic rings. The molecule has 1 heterocycles. The van der Waals surface area contributed by atoms with E-state index in [9.17, 15) is 4.79 Å². The van der Waals surface area contributed by atoms with Gasteiger partial charge in [-0.2, -0.15) is 0 Å².